The molecule has 0 amide bonds. The summed E-state index contributed by atoms with van der Waals surface area (Å²) in [6, 6.07) is 0. The van der Waals surface area contributed by atoms with Crippen LogP contribution in [0.1, 0.15) is 66.7 Å². The number of rotatable bonds is 10. The minimum Gasteiger partial charge on any atom is -0.329 e. The van der Waals surface area contributed by atoms with Gasteiger partial charge < -0.3 is 5.73 Å². The van der Waals surface area contributed by atoms with Crippen molar-refractivity contribution in [2.24, 2.45) is 11.7 Å². The second kappa shape index (κ2) is 8.93. The van der Waals surface area contributed by atoms with Crippen LogP contribution in [0.25, 0.3) is 0 Å². The van der Waals surface area contributed by atoms with Crippen LogP contribution in [0.5, 0.6) is 0 Å². The Kier molecular flexibility index (Phi) is 8.89. The molecule has 2 nitrogen and oxygen atoms in total. The van der Waals surface area contributed by atoms with Gasteiger partial charge in [0.1, 0.15) is 0 Å². The van der Waals surface area contributed by atoms with Crippen molar-refractivity contribution in [3.05, 3.63) is 0 Å². The summed E-state index contributed by atoms with van der Waals surface area (Å²) in [5, 5.41) is 0. The molecule has 2 heteroatoms. The van der Waals surface area contributed by atoms with E-state index in [4.69, 9.17) is 5.73 Å². The lowest BCUT2D eigenvalue weighted by Gasteiger charge is -2.44. The Hall–Kier alpha value is -0.0800. The van der Waals surface area contributed by atoms with Crippen molar-refractivity contribution in [2.45, 2.75) is 72.3 Å². The summed E-state index contributed by atoms with van der Waals surface area (Å²) in [6.45, 7) is 14.6. The predicted octanol–water partition coefficient (Wildman–Crippen LogP) is 3.65. The van der Waals surface area contributed by atoms with E-state index in [1.807, 2.05) is 0 Å². The summed E-state index contributed by atoms with van der Waals surface area (Å²) in [4.78, 5) is 2.64. The smallest absolute Gasteiger partial charge is 0.0329 e. The Balaban J connectivity index is 4.70. The molecule has 0 aliphatic heterocycles. The molecule has 0 saturated carbocycles. The first-order valence-corrected chi connectivity index (χ1v) is 7.55. The van der Waals surface area contributed by atoms with Gasteiger partial charge in [0.25, 0.3) is 0 Å². The summed E-state index contributed by atoms with van der Waals surface area (Å²) in [7, 11) is 0. The fraction of sp³-hybridized carbons (Fsp3) is 1.00. The summed E-state index contributed by atoms with van der Waals surface area (Å²) >= 11 is 0. The van der Waals surface area contributed by atoms with Gasteiger partial charge in [0, 0.05) is 18.6 Å². The number of hydrogen-bond donors (Lipinski definition) is 1. The highest BCUT2D eigenvalue weighted by atomic mass is 15.2. The van der Waals surface area contributed by atoms with Crippen molar-refractivity contribution in [3.63, 3.8) is 0 Å². The van der Waals surface area contributed by atoms with Crippen molar-refractivity contribution in [3.8, 4) is 0 Å². The summed E-state index contributed by atoms with van der Waals surface area (Å²) < 4.78 is 0. The minimum atomic E-state index is 0.244. The third kappa shape index (κ3) is 4.97. The van der Waals surface area contributed by atoms with E-state index in [9.17, 15) is 0 Å². The molecule has 0 bridgehead atoms. The SMILES string of the molecule is CCCCC(CC)(CN)N(CC)CC(C)CC. The largest absolute Gasteiger partial charge is 0.329 e. The van der Waals surface area contributed by atoms with E-state index in [-0.39, 0.29) is 5.54 Å². The zero-order chi connectivity index (χ0) is 13.3. The molecule has 0 fully saturated rings. The topological polar surface area (TPSA) is 29.3 Å². The van der Waals surface area contributed by atoms with Crippen LogP contribution in [0.15, 0.2) is 0 Å². The molecule has 17 heavy (non-hydrogen) atoms. The molecule has 0 aliphatic rings. The van der Waals surface area contributed by atoms with E-state index < -0.39 is 0 Å². The summed E-state index contributed by atoms with van der Waals surface area (Å²) in [5.74, 6) is 0.772. The second-order valence-electron chi connectivity index (χ2n) is 5.44. The number of hydrogen-bond acceptors (Lipinski definition) is 2. The molecule has 0 rings (SSSR count). The monoisotopic (exact) mass is 242 g/mol. The normalized spacial score (nSPS) is 17.1. The fourth-order valence-corrected chi connectivity index (χ4v) is 2.60. The van der Waals surface area contributed by atoms with Crippen LogP contribution < -0.4 is 5.73 Å². The van der Waals surface area contributed by atoms with Crippen LogP contribution in [0, 0.1) is 5.92 Å². The lowest BCUT2D eigenvalue weighted by molar-refractivity contribution is 0.0686. The van der Waals surface area contributed by atoms with Gasteiger partial charge in [0.2, 0.25) is 0 Å². The quantitative estimate of drug-likeness (QED) is 0.633. The maximum absolute atomic E-state index is 6.11. The number of nitrogens with two attached hydrogens (primary N) is 1. The van der Waals surface area contributed by atoms with Crippen molar-refractivity contribution in [1.82, 2.24) is 4.90 Å². The highest BCUT2D eigenvalue weighted by Gasteiger charge is 2.32. The molecule has 0 heterocycles. The predicted molar refractivity (Wildman–Crippen MR) is 78.3 cm³/mol. The van der Waals surface area contributed by atoms with Gasteiger partial charge in [-0.05, 0) is 25.3 Å². The van der Waals surface area contributed by atoms with Gasteiger partial charge in [-0.25, -0.2) is 0 Å². The Morgan fingerprint density at radius 1 is 1.18 bits per heavy atom. The van der Waals surface area contributed by atoms with E-state index >= 15 is 0 Å². The molecule has 0 aromatic heterocycles. The lowest BCUT2D eigenvalue weighted by Crippen LogP contribution is -2.54. The minimum absolute atomic E-state index is 0.244. The number of likely N-dealkylation sites (N-methyl/N-ethyl adjacent to an activating group) is 1. The molecule has 2 atom stereocenters. The Morgan fingerprint density at radius 3 is 2.18 bits per heavy atom. The van der Waals surface area contributed by atoms with Crippen molar-refractivity contribution in [1.29, 1.82) is 0 Å². The van der Waals surface area contributed by atoms with Crippen molar-refractivity contribution >= 4 is 0 Å². The molecule has 0 aromatic carbocycles. The van der Waals surface area contributed by atoms with Crippen LogP contribution >= 0.6 is 0 Å². The summed E-state index contributed by atoms with van der Waals surface area (Å²) in [6.07, 6.45) is 6.24. The van der Waals surface area contributed by atoms with Gasteiger partial charge in [-0.15, -0.1) is 0 Å². The third-order valence-corrected chi connectivity index (χ3v) is 4.32. The summed E-state index contributed by atoms with van der Waals surface area (Å²) in [5.41, 5.74) is 6.36. The van der Waals surface area contributed by atoms with E-state index in [1.165, 1.54) is 38.6 Å². The third-order valence-electron chi connectivity index (χ3n) is 4.32. The van der Waals surface area contributed by atoms with E-state index in [1.54, 1.807) is 0 Å². The first-order chi connectivity index (χ1) is 8.10. The van der Waals surface area contributed by atoms with Crippen LogP contribution in [-0.2, 0) is 0 Å². The van der Waals surface area contributed by atoms with Crippen LogP contribution in [-0.4, -0.2) is 30.1 Å². The molecule has 0 aromatic rings. The Labute approximate surface area is 109 Å². The molecule has 0 aliphatic carbocycles. The molecule has 2 N–H and O–H groups in total. The first kappa shape index (κ1) is 16.9. The lowest BCUT2D eigenvalue weighted by atomic mass is 9.86. The highest BCUT2D eigenvalue weighted by Crippen LogP contribution is 2.26. The van der Waals surface area contributed by atoms with Crippen LogP contribution in [0.3, 0.4) is 0 Å². The standard InChI is InChI=1S/C15H34N2/c1-6-10-11-15(8-3,13-16)17(9-4)12-14(5)7-2/h14H,6-13,16H2,1-5H3. The number of unbranched alkanes of at least 4 members (excludes halogenated alkanes) is 1. The first-order valence-electron chi connectivity index (χ1n) is 7.55. The second-order valence-corrected chi connectivity index (χ2v) is 5.44. The molecule has 104 valence electrons. The van der Waals surface area contributed by atoms with Gasteiger partial charge in [-0.3, -0.25) is 4.90 Å². The molecular weight excluding hydrogens is 208 g/mol. The van der Waals surface area contributed by atoms with E-state index in [2.05, 4.69) is 39.5 Å². The maximum atomic E-state index is 6.11. The molecule has 0 saturated heterocycles. The zero-order valence-corrected chi connectivity index (χ0v) is 12.8. The molecule has 2 unspecified atom stereocenters. The van der Waals surface area contributed by atoms with Crippen LogP contribution in [0.4, 0.5) is 0 Å². The Bertz CT molecular complexity index is 176. The van der Waals surface area contributed by atoms with Gasteiger partial charge in [-0.2, -0.15) is 0 Å². The number of nitrogens with zero attached hydrogens (tertiary/aromatic N) is 1. The molecule has 0 radical (unpaired) electrons. The molecular formula is C15H34N2. The van der Waals surface area contributed by atoms with Gasteiger partial charge in [0.05, 0.1) is 0 Å². The van der Waals surface area contributed by atoms with Gasteiger partial charge >= 0.3 is 0 Å². The van der Waals surface area contributed by atoms with Crippen molar-refractivity contribution < 1.29 is 0 Å². The fourth-order valence-electron chi connectivity index (χ4n) is 2.60. The molecule has 0 spiro atoms. The van der Waals surface area contributed by atoms with E-state index in [0.717, 1.165) is 19.0 Å². The van der Waals surface area contributed by atoms with Gasteiger partial charge in [0.15, 0.2) is 0 Å². The average molecular weight is 242 g/mol. The van der Waals surface area contributed by atoms with E-state index in [0.29, 0.717) is 0 Å². The maximum Gasteiger partial charge on any atom is 0.0329 e. The average Bonchev–Trinajstić information content (AvgIpc) is 2.38. The highest BCUT2D eigenvalue weighted by molar-refractivity contribution is 4.90. The Morgan fingerprint density at radius 2 is 1.82 bits per heavy atom. The van der Waals surface area contributed by atoms with Gasteiger partial charge in [-0.1, -0.05) is 53.9 Å². The van der Waals surface area contributed by atoms with Crippen molar-refractivity contribution in [2.75, 3.05) is 19.6 Å². The zero-order valence-electron chi connectivity index (χ0n) is 12.8. The van der Waals surface area contributed by atoms with Crippen LogP contribution in [0.2, 0.25) is 0 Å².